The van der Waals surface area contributed by atoms with Gasteiger partial charge in [-0.05, 0) is 57.4 Å². The van der Waals surface area contributed by atoms with E-state index in [2.05, 4.69) is 27.5 Å². The molecule has 0 spiro atoms. The van der Waals surface area contributed by atoms with Crippen molar-refractivity contribution in [2.45, 2.75) is 58.4 Å². The predicted octanol–water partition coefficient (Wildman–Crippen LogP) is 3.34. The summed E-state index contributed by atoms with van der Waals surface area (Å²) < 4.78 is 25.7. The molecule has 2 rings (SSSR count). The standard InChI is InChI=1S/C21H32N4O2S2/c1-7-18(13-29(26,27)19-9-8-14(2)15(3)12-19)25-21(22-6)23-11-10-20-24-16(4)17(5)28-20/h8-9,12,18H,7,10-11,13H2,1-6H3,(H2,22,23,25). The van der Waals surface area contributed by atoms with E-state index in [0.29, 0.717) is 23.8 Å². The average molecular weight is 437 g/mol. The van der Waals surface area contributed by atoms with Gasteiger partial charge >= 0.3 is 0 Å². The minimum atomic E-state index is -3.38. The van der Waals surface area contributed by atoms with Gasteiger partial charge in [-0.2, -0.15) is 0 Å². The van der Waals surface area contributed by atoms with Crippen LogP contribution in [0.15, 0.2) is 28.1 Å². The summed E-state index contributed by atoms with van der Waals surface area (Å²) in [6.45, 7) is 10.7. The lowest BCUT2D eigenvalue weighted by molar-refractivity contribution is 0.568. The second-order valence-electron chi connectivity index (χ2n) is 7.28. The average Bonchev–Trinajstić information content (AvgIpc) is 2.99. The summed E-state index contributed by atoms with van der Waals surface area (Å²) in [5, 5.41) is 7.61. The zero-order valence-electron chi connectivity index (χ0n) is 18.2. The first kappa shape index (κ1) is 23.3. The van der Waals surface area contributed by atoms with Crippen LogP contribution in [0.4, 0.5) is 0 Å². The van der Waals surface area contributed by atoms with Crippen molar-refractivity contribution in [2.24, 2.45) is 4.99 Å². The number of aryl methyl sites for hydroxylation is 4. The molecule has 0 saturated heterocycles. The van der Waals surface area contributed by atoms with Gasteiger partial charge in [0, 0.05) is 30.9 Å². The van der Waals surface area contributed by atoms with Gasteiger partial charge in [-0.15, -0.1) is 11.3 Å². The summed E-state index contributed by atoms with van der Waals surface area (Å²) >= 11 is 1.71. The van der Waals surface area contributed by atoms with Crippen molar-refractivity contribution >= 4 is 27.1 Å². The van der Waals surface area contributed by atoms with Gasteiger partial charge in [0.1, 0.15) is 0 Å². The Labute approximate surface area is 178 Å². The molecular weight excluding hydrogens is 404 g/mol. The summed E-state index contributed by atoms with van der Waals surface area (Å²) in [5.74, 6) is 0.634. The second kappa shape index (κ2) is 10.2. The van der Waals surface area contributed by atoms with Crippen LogP contribution in [0.25, 0.3) is 0 Å². The number of thiazole rings is 1. The summed E-state index contributed by atoms with van der Waals surface area (Å²) in [6, 6.07) is 5.08. The molecule has 0 radical (unpaired) electrons. The molecule has 0 aliphatic rings. The molecule has 0 bridgehead atoms. The number of hydrogen-bond donors (Lipinski definition) is 2. The zero-order valence-corrected chi connectivity index (χ0v) is 19.8. The molecule has 1 heterocycles. The van der Waals surface area contributed by atoms with Crippen molar-refractivity contribution in [1.29, 1.82) is 0 Å². The molecule has 0 aliphatic heterocycles. The van der Waals surface area contributed by atoms with E-state index in [1.54, 1.807) is 30.5 Å². The van der Waals surface area contributed by atoms with Gasteiger partial charge in [-0.25, -0.2) is 13.4 Å². The zero-order chi connectivity index (χ0) is 21.6. The van der Waals surface area contributed by atoms with Crippen LogP contribution in [0.1, 0.15) is 40.1 Å². The molecule has 0 aliphatic carbocycles. The predicted molar refractivity (Wildman–Crippen MR) is 122 cm³/mol. The minimum Gasteiger partial charge on any atom is -0.356 e. The fourth-order valence-corrected chi connectivity index (χ4v) is 5.46. The maximum Gasteiger partial charge on any atom is 0.191 e. The fourth-order valence-electron chi connectivity index (χ4n) is 2.85. The third-order valence-corrected chi connectivity index (χ3v) is 7.97. The Bertz CT molecular complexity index is 946. The van der Waals surface area contributed by atoms with Crippen LogP contribution in [0.2, 0.25) is 0 Å². The molecule has 1 atom stereocenters. The van der Waals surface area contributed by atoms with Crippen molar-refractivity contribution < 1.29 is 8.42 Å². The van der Waals surface area contributed by atoms with Crippen molar-refractivity contribution in [3.63, 3.8) is 0 Å². The number of nitrogens with zero attached hydrogens (tertiary/aromatic N) is 2. The largest absolute Gasteiger partial charge is 0.356 e. The third-order valence-electron chi connectivity index (χ3n) is 5.02. The number of nitrogens with one attached hydrogen (secondary N) is 2. The fraction of sp³-hybridized carbons (Fsp3) is 0.524. The van der Waals surface area contributed by atoms with Crippen LogP contribution in [0.3, 0.4) is 0 Å². The van der Waals surface area contributed by atoms with Crippen molar-refractivity contribution in [2.75, 3.05) is 19.3 Å². The highest BCUT2D eigenvalue weighted by atomic mass is 32.2. The Kier molecular flexibility index (Phi) is 8.22. The molecular formula is C21H32N4O2S2. The molecule has 2 aromatic rings. The first-order chi connectivity index (χ1) is 13.7. The number of aromatic nitrogens is 1. The maximum absolute atomic E-state index is 12.9. The van der Waals surface area contributed by atoms with Gasteiger partial charge in [-0.1, -0.05) is 13.0 Å². The van der Waals surface area contributed by atoms with Gasteiger partial charge in [0.2, 0.25) is 0 Å². The highest BCUT2D eigenvalue weighted by Gasteiger charge is 2.21. The van der Waals surface area contributed by atoms with Crippen LogP contribution >= 0.6 is 11.3 Å². The van der Waals surface area contributed by atoms with Gasteiger partial charge in [-0.3, -0.25) is 4.99 Å². The molecule has 1 aromatic carbocycles. The molecule has 1 aromatic heterocycles. The topological polar surface area (TPSA) is 83.5 Å². The second-order valence-corrected chi connectivity index (χ2v) is 10.6. The minimum absolute atomic E-state index is 0.0254. The summed E-state index contributed by atoms with van der Waals surface area (Å²) in [6.07, 6.45) is 1.48. The number of rotatable bonds is 8. The third kappa shape index (κ3) is 6.54. The molecule has 6 nitrogen and oxygen atoms in total. The highest BCUT2D eigenvalue weighted by Crippen LogP contribution is 2.18. The molecule has 1 unspecified atom stereocenters. The van der Waals surface area contributed by atoms with Crippen molar-refractivity contribution in [1.82, 2.24) is 15.6 Å². The Morgan fingerprint density at radius 3 is 2.48 bits per heavy atom. The molecule has 0 amide bonds. The quantitative estimate of drug-likeness (QED) is 0.490. The molecule has 160 valence electrons. The molecule has 0 saturated carbocycles. The normalized spacial score (nSPS) is 13.4. The maximum atomic E-state index is 12.9. The van der Waals surface area contributed by atoms with Crippen molar-refractivity contribution in [3.8, 4) is 0 Å². The number of sulfone groups is 1. The Morgan fingerprint density at radius 2 is 1.93 bits per heavy atom. The van der Waals surface area contributed by atoms with E-state index in [9.17, 15) is 8.42 Å². The Balaban J connectivity index is 1.96. The molecule has 29 heavy (non-hydrogen) atoms. The van der Waals surface area contributed by atoms with E-state index in [1.807, 2.05) is 33.8 Å². The van der Waals surface area contributed by atoms with Gasteiger partial charge in [0.15, 0.2) is 15.8 Å². The van der Waals surface area contributed by atoms with Crippen LogP contribution in [-0.4, -0.2) is 44.7 Å². The lowest BCUT2D eigenvalue weighted by Gasteiger charge is -2.20. The number of hydrogen-bond acceptors (Lipinski definition) is 5. The lowest BCUT2D eigenvalue weighted by Crippen LogP contribution is -2.46. The SMILES string of the molecule is CCC(CS(=O)(=O)c1ccc(C)c(C)c1)NC(=NC)NCCc1nc(C)c(C)s1. The number of guanidine groups is 1. The summed E-state index contributed by atoms with van der Waals surface area (Å²) in [5.41, 5.74) is 3.15. The Hall–Kier alpha value is -1.93. The van der Waals surface area contributed by atoms with E-state index >= 15 is 0 Å². The van der Waals surface area contributed by atoms with E-state index in [0.717, 1.165) is 28.2 Å². The molecule has 0 fully saturated rings. The summed E-state index contributed by atoms with van der Waals surface area (Å²) in [7, 11) is -1.69. The molecule has 8 heteroatoms. The van der Waals surface area contributed by atoms with E-state index in [-0.39, 0.29) is 11.8 Å². The Morgan fingerprint density at radius 1 is 1.21 bits per heavy atom. The van der Waals surface area contributed by atoms with Crippen molar-refractivity contribution in [3.05, 3.63) is 44.9 Å². The van der Waals surface area contributed by atoms with Gasteiger partial charge < -0.3 is 10.6 Å². The van der Waals surface area contributed by atoms with Crippen LogP contribution < -0.4 is 10.6 Å². The smallest absolute Gasteiger partial charge is 0.191 e. The first-order valence-corrected chi connectivity index (χ1v) is 12.3. The van der Waals surface area contributed by atoms with Gasteiger partial charge in [0.05, 0.1) is 21.3 Å². The number of benzene rings is 1. The summed E-state index contributed by atoms with van der Waals surface area (Å²) in [4.78, 5) is 10.4. The van der Waals surface area contributed by atoms with Crippen LogP contribution in [0, 0.1) is 27.7 Å². The first-order valence-electron chi connectivity index (χ1n) is 9.86. The molecule has 2 N–H and O–H groups in total. The number of aliphatic imine (C=N–C) groups is 1. The van der Waals surface area contributed by atoms with Gasteiger partial charge in [0.25, 0.3) is 0 Å². The van der Waals surface area contributed by atoms with E-state index < -0.39 is 9.84 Å². The van der Waals surface area contributed by atoms with E-state index in [1.165, 1.54) is 4.88 Å². The van der Waals surface area contributed by atoms with Crippen LogP contribution in [0.5, 0.6) is 0 Å². The van der Waals surface area contributed by atoms with E-state index in [4.69, 9.17) is 0 Å². The lowest BCUT2D eigenvalue weighted by atomic mass is 10.1. The monoisotopic (exact) mass is 436 g/mol. The van der Waals surface area contributed by atoms with Crippen LogP contribution in [-0.2, 0) is 16.3 Å². The highest BCUT2D eigenvalue weighted by molar-refractivity contribution is 7.91.